The maximum atomic E-state index is 13.6. The third kappa shape index (κ3) is 3.61. The average molecular weight is 469 g/mol. The molecule has 33 heavy (non-hydrogen) atoms. The largest absolute Gasteiger partial charge is 0.497 e. The predicted octanol–water partition coefficient (Wildman–Crippen LogP) is 6.02. The topological polar surface area (TPSA) is 77.0 Å². The average Bonchev–Trinajstić information content (AvgIpc) is 3.10. The molecule has 0 spiro atoms. The highest BCUT2D eigenvalue weighted by Gasteiger charge is 2.71. The van der Waals surface area contributed by atoms with Gasteiger partial charge in [0.15, 0.2) is 0 Å². The molecular formula is C26H29ClN2O4. The molecule has 1 amide bonds. The van der Waals surface area contributed by atoms with Gasteiger partial charge in [-0.3, -0.25) is 4.79 Å². The second-order valence-electron chi connectivity index (χ2n) is 9.77. The van der Waals surface area contributed by atoms with Crippen LogP contribution in [0.1, 0.15) is 56.0 Å². The van der Waals surface area contributed by atoms with Crippen LogP contribution >= 0.6 is 11.6 Å². The number of halogens is 1. The van der Waals surface area contributed by atoms with Crippen molar-refractivity contribution in [2.75, 3.05) is 12.4 Å². The summed E-state index contributed by atoms with van der Waals surface area (Å²) in [5.41, 5.74) is 1.45. The van der Waals surface area contributed by atoms with Gasteiger partial charge in [0.1, 0.15) is 5.75 Å². The molecule has 2 aromatic rings. The fourth-order valence-corrected chi connectivity index (χ4v) is 5.63. The lowest BCUT2D eigenvalue weighted by atomic mass is 9.64. The van der Waals surface area contributed by atoms with Crippen LogP contribution in [0.4, 0.5) is 5.69 Å². The highest BCUT2D eigenvalue weighted by atomic mass is 35.5. The van der Waals surface area contributed by atoms with Crippen molar-refractivity contribution in [3.8, 4) is 5.75 Å². The summed E-state index contributed by atoms with van der Waals surface area (Å²) < 4.78 is 5.12. The molecule has 2 saturated carbocycles. The summed E-state index contributed by atoms with van der Waals surface area (Å²) in [4.78, 5) is 31.5. The molecule has 6 nitrogen and oxygen atoms in total. The summed E-state index contributed by atoms with van der Waals surface area (Å²) in [7, 11) is 1.57. The monoisotopic (exact) mass is 468 g/mol. The Morgan fingerprint density at radius 3 is 2.39 bits per heavy atom. The van der Waals surface area contributed by atoms with Crippen molar-refractivity contribution in [3.63, 3.8) is 0 Å². The van der Waals surface area contributed by atoms with Crippen LogP contribution in [0.25, 0.3) is 0 Å². The van der Waals surface area contributed by atoms with Gasteiger partial charge in [-0.2, -0.15) is 0 Å². The first-order valence-corrected chi connectivity index (χ1v) is 11.4. The SMILES string of the molecule is COc1ccc(C(=O)O/N=C2/CC3(C(=O)Nc4ccc(Cl)cc4C)CCC2(C)C3(C)C)cc1. The number of carbonyl (C=O) groups is 2. The van der Waals surface area contributed by atoms with Crippen LogP contribution < -0.4 is 10.1 Å². The van der Waals surface area contributed by atoms with E-state index in [2.05, 4.69) is 31.2 Å². The standard InChI is InChI=1S/C26H29ClN2O4/c1-16-14-18(27)8-11-20(16)28-23(31)26-13-12-25(4,24(26,2)3)21(15-26)29-33-22(30)17-6-9-19(32-5)10-7-17/h6-11,14H,12-13,15H2,1-5H3,(H,28,31)/b29-21-. The van der Waals surface area contributed by atoms with Crippen LogP contribution in [0.2, 0.25) is 5.02 Å². The molecule has 0 saturated heterocycles. The van der Waals surface area contributed by atoms with Crippen molar-refractivity contribution in [1.82, 2.24) is 0 Å². The van der Waals surface area contributed by atoms with Crippen molar-refractivity contribution >= 4 is 34.9 Å². The van der Waals surface area contributed by atoms with Gasteiger partial charge in [-0.05, 0) is 73.2 Å². The summed E-state index contributed by atoms with van der Waals surface area (Å²) in [5, 5.41) is 8.05. The zero-order valence-electron chi connectivity index (χ0n) is 19.6. The van der Waals surface area contributed by atoms with Crippen LogP contribution in [-0.2, 0) is 9.63 Å². The van der Waals surface area contributed by atoms with Crippen molar-refractivity contribution in [2.24, 2.45) is 21.4 Å². The van der Waals surface area contributed by atoms with Gasteiger partial charge in [0.25, 0.3) is 0 Å². The summed E-state index contributed by atoms with van der Waals surface area (Å²) >= 11 is 6.07. The zero-order valence-corrected chi connectivity index (χ0v) is 20.4. The van der Waals surface area contributed by atoms with E-state index in [1.165, 1.54) is 0 Å². The Morgan fingerprint density at radius 2 is 1.76 bits per heavy atom. The molecule has 0 radical (unpaired) electrons. The molecular weight excluding hydrogens is 440 g/mol. The van der Waals surface area contributed by atoms with Gasteiger partial charge >= 0.3 is 5.97 Å². The van der Waals surface area contributed by atoms with Crippen LogP contribution in [0, 0.1) is 23.2 Å². The van der Waals surface area contributed by atoms with E-state index < -0.39 is 11.4 Å². The van der Waals surface area contributed by atoms with E-state index in [1.54, 1.807) is 37.4 Å². The van der Waals surface area contributed by atoms with E-state index in [4.69, 9.17) is 21.2 Å². The smallest absolute Gasteiger partial charge is 0.365 e. The third-order valence-electron chi connectivity index (χ3n) is 8.17. The van der Waals surface area contributed by atoms with Gasteiger partial charge in [-0.15, -0.1) is 0 Å². The molecule has 2 bridgehead atoms. The Labute approximate surface area is 199 Å². The second-order valence-corrected chi connectivity index (χ2v) is 10.2. The first kappa shape index (κ1) is 23.3. The maximum Gasteiger partial charge on any atom is 0.365 e. The number of benzene rings is 2. The number of hydrogen-bond donors (Lipinski definition) is 1. The summed E-state index contributed by atoms with van der Waals surface area (Å²) in [6.07, 6.45) is 2.00. The highest BCUT2D eigenvalue weighted by Crippen LogP contribution is 2.71. The molecule has 1 N–H and O–H groups in total. The van der Waals surface area contributed by atoms with Crippen molar-refractivity contribution in [3.05, 3.63) is 58.6 Å². The first-order valence-electron chi connectivity index (χ1n) is 11.0. The van der Waals surface area contributed by atoms with E-state index in [0.29, 0.717) is 22.8 Å². The second kappa shape index (κ2) is 8.17. The molecule has 2 aliphatic carbocycles. The number of fused-ring (bicyclic) bond motifs is 2. The molecule has 0 aliphatic heterocycles. The molecule has 0 aromatic heterocycles. The number of aryl methyl sites for hydroxylation is 1. The number of ether oxygens (including phenoxy) is 1. The molecule has 2 atom stereocenters. The highest BCUT2D eigenvalue weighted by molar-refractivity contribution is 6.30. The minimum atomic E-state index is -0.640. The lowest BCUT2D eigenvalue weighted by molar-refractivity contribution is -0.130. The Kier molecular flexibility index (Phi) is 5.77. The molecule has 4 rings (SSSR count). The minimum absolute atomic E-state index is 0.0340. The number of nitrogens with one attached hydrogen (secondary N) is 1. The van der Waals surface area contributed by atoms with Gasteiger partial charge in [0.2, 0.25) is 5.91 Å². The molecule has 2 aliphatic rings. The van der Waals surface area contributed by atoms with E-state index in [0.717, 1.165) is 29.8 Å². The molecule has 2 aromatic carbocycles. The number of rotatable bonds is 5. The fourth-order valence-electron chi connectivity index (χ4n) is 5.41. The summed E-state index contributed by atoms with van der Waals surface area (Å²) in [6.45, 7) is 8.26. The van der Waals surface area contributed by atoms with Crippen LogP contribution in [-0.4, -0.2) is 24.7 Å². The molecule has 174 valence electrons. The van der Waals surface area contributed by atoms with Crippen molar-refractivity contribution < 1.29 is 19.2 Å². The minimum Gasteiger partial charge on any atom is -0.497 e. The lowest BCUT2D eigenvalue weighted by Crippen LogP contribution is -2.43. The Bertz CT molecular complexity index is 1140. The van der Waals surface area contributed by atoms with E-state index in [-0.39, 0.29) is 16.7 Å². The molecule has 7 heteroatoms. The van der Waals surface area contributed by atoms with E-state index in [9.17, 15) is 9.59 Å². The van der Waals surface area contributed by atoms with Crippen molar-refractivity contribution in [2.45, 2.75) is 47.0 Å². The Hall–Kier alpha value is -2.86. The normalized spacial score (nSPS) is 26.3. The third-order valence-corrected chi connectivity index (χ3v) is 8.40. The van der Waals surface area contributed by atoms with Gasteiger partial charge in [-0.1, -0.05) is 37.5 Å². The number of amides is 1. The molecule has 2 unspecified atom stereocenters. The number of nitrogens with zero attached hydrogens (tertiary/aromatic N) is 1. The number of oxime groups is 1. The number of carbonyl (C=O) groups excluding carboxylic acids is 2. The van der Waals surface area contributed by atoms with Gasteiger partial charge in [0, 0.05) is 22.5 Å². The number of hydrogen-bond acceptors (Lipinski definition) is 5. The van der Waals surface area contributed by atoms with Crippen molar-refractivity contribution in [1.29, 1.82) is 0 Å². The lowest BCUT2D eigenvalue weighted by Gasteiger charge is -2.39. The van der Waals surface area contributed by atoms with Gasteiger partial charge in [-0.25, -0.2) is 4.79 Å². The first-order chi connectivity index (χ1) is 15.5. The van der Waals surface area contributed by atoms with E-state index in [1.807, 2.05) is 19.1 Å². The van der Waals surface area contributed by atoms with Crippen LogP contribution in [0.3, 0.4) is 0 Å². The van der Waals surface area contributed by atoms with Crippen LogP contribution in [0.5, 0.6) is 5.75 Å². The summed E-state index contributed by atoms with van der Waals surface area (Å²) in [5.74, 6) is 0.0852. The number of anilines is 1. The molecule has 2 fully saturated rings. The maximum absolute atomic E-state index is 13.6. The van der Waals surface area contributed by atoms with Gasteiger partial charge in [0.05, 0.1) is 23.8 Å². The quantitative estimate of drug-likeness (QED) is 0.429. The zero-order chi connectivity index (χ0) is 24.0. The Morgan fingerprint density at radius 1 is 1.06 bits per heavy atom. The fraction of sp³-hybridized carbons (Fsp3) is 0.423. The molecule has 0 heterocycles. The predicted molar refractivity (Wildman–Crippen MR) is 129 cm³/mol. The summed E-state index contributed by atoms with van der Waals surface area (Å²) in [6, 6.07) is 12.1. The van der Waals surface area contributed by atoms with Crippen LogP contribution in [0.15, 0.2) is 47.6 Å². The Balaban J connectivity index is 1.57. The van der Waals surface area contributed by atoms with E-state index >= 15 is 0 Å². The number of methoxy groups -OCH3 is 1. The van der Waals surface area contributed by atoms with Gasteiger partial charge < -0.3 is 14.9 Å².